The van der Waals surface area contributed by atoms with Crippen LogP contribution in [0.5, 0.6) is 17.2 Å². The fraction of sp³-hybridized carbons (Fsp3) is 0.105. The van der Waals surface area contributed by atoms with Gasteiger partial charge in [-0.1, -0.05) is 18.2 Å². The predicted octanol–water partition coefficient (Wildman–Crippen LogP) is 4.42. The lowest BCUT2D eigenvalue weighted by Gasteiger charge is -2.15. The number of hydrogen-bond donors (Lipinski definition) is 4. The van der Waals surface area contributed by atoms with Gasteiger partial charge in [0.25, 0.3) is 0 Å². The highest BCUT2D eigenvalue weighted by Crippen LogP contribution is 2.39. The van der Waals surface area contributed by atoms with E-state index in [-0.39, 0.29) is 103 Å². The Morgan fingerprint density at radius 3 is 1.71 bits per heavy atom. The summed E-state index contributed by atoms with van der Waals surface area (Å²) >= 11 is 0. The van der Waals surface area contributed by atoms with Gasteiger partial charge in [0.1, 0.15) is 23.0 Å². The first kappa shape index (κ1) is 34.6. The Hall–Kier alpha value is -7.22. The first-order chi connectivity index (χ1) is 24.6. The first-order valence-electron chi connectivity index (χ1n) is 15.3. The number of carbonyl (C=O) groups is 8. The zero-order valence-corrected chi connectivity index (χ0v) is 27.0. The van der Waals surface area contributed by atoms with Crippen LogP contribution in [0.3, 0.4) is 0 Å². The molecule has 4 aliphatic rings. The van der Waals surface area contributed by atoms with Crippen molar-refractivity contribution in [3.8, 4) is 17.2 Å². The van der Waals surface area contributed by atoms with Gasteiger partial charge < -0.3 is 29.6 Å². The zero-order valence-electron chi connectivity index (χ0n) is 27.0. The van der Waals surface area contributed by atoms with E-state index in [0.29, 0.717) is 0 Å². The van der Waals surface area contributed by atoms with E-state index in [9.17, 15) is 58.8 Å². The van der Waals surface area contributed by atoms with Gasteiger partial charge in [-0.3, -0.25) is 38.4 Å². The van der Waals surface area contributed by atoms with Crippen LogP contribution in [0.2, 0.25) is 0 Å². The zero-order chi connectivity index (χ0) is 37.8. The van der Waals surface area contributed by atoms with Crippen LogP contribution in [-0.4, -0.2) is 72.8 Å². The van der Waals surface area contributed by atoms with Crippen LogP contribution in [0.15, 0.2) is 82.5 Å². The van der Waals surface area contributed by atoms with Crippen molar-refractivity contribution in [2.75, 3.05) is 0 Å². The number of phenols is 3. The molecular formula is C38H24O14. The summed E-state index contributed by atoms with van der Waals surface area (Å²) < 4.78 is 10.4. The van der Waals surface area contributed by atoms with Gasteiger partial charge in [0.05, 0.1) is 27.8 Å². The first-order valence-corrected chi connectivity index (χ1v) is 15.3. The molecule has 1 atom stereocenters. The molecule has 0 saturated carbocycles. The Balaban J connectivity index is 0.000000136. The summed E-state index contributed by atoms with van der Waals surface area (Å²) in [6, 6.07) is 14.0. The number of allylic oxidation sites excluding steroid dienone is 2. The highest BCUT2D eigenvalue weighted by molar-refractivity contribution is 6.50. The van der Waals surface area contributed by atoms with Gasteiger partial charge in [0.2, 0.25) is 28.9 Å². The second-order valence-electron chi connectivity index (χ2n) is 11.8. The van der Waals surface area contributed by atoms with E-state index < -0.39 is 40.8 Å². The molecule has 4 aromatic rings. The third-order valence-electron chi connectivity index (χ3n) is 8.45. The Bertz CT molecular complexity index is 2420. The lowest BCUT2D eigenvalue weighted by atomic mass is 9.86. The van der Waals surface area contributed by atoms with Gasteiger partial charge in [0.15, 0.2) is 40.7 Å². The minimum atomic E-state index is -0.783. The van der Waals surface area contributed by atoms with Crippen molar-refractivity contribution in [2.24, 2.45) is 0 Å². The molecule has 2 heterocycles. The molecule has 0 radical (unpaired) electrons. The molecule has 3 aliphatic carbocycles. The van der Waals surface area contributed by atoms with Gasteiger partial charge in [-0.15, -0.1) is 0 Å². The van der Waals surface area contributed by atoms with Gasteiger partial charge in [0, 0.05) is 36.1 Å². The summed E-state index contributed by atoms with van der Waals surface area (Å²) in [6.45, 7) is 2.63. The summed E-state index contributed by atoms with van der Waals surface area (Å²) in [6.07, 6.45) is 0.113. The smallest absolute Gasteiger partial charge is 0.233 e. The van der Waals surface area contributed by atoms with E-state index in [1.54, 1.807) is 0 Å². The molecule has 0 bridgehead atoms. The number of rotatable bonds is 2. The Labute approximate surface area is 291 Å². The average molecular weight is 705 g/mol. The number of fused-ring (bicyclic) bond motifs is 4. The molecule has 1 aliphatic heterocycles. The topological polar surface area (TPSA) is 240 Å². The van der Waals surface area contributed by atoms with Crippen molar-refractivity contribution >= 4 is 52.0 Å². The molecule has 0 spiro atoms. The normalized spacial score (nSPS) is 16.5. The summed E-state index contributed by atoms with van der Waals surface area (Å²) in [5.74, 6) is -5.32. The molecule has 14 heteroatoms. The number of benzene rings is 3. The van der Waals surface area contributed by atoms with Crippen molar-refractivity contribution < 1.29 is 67.9 Å². The summed E-state index contributed by atoms with van der Waals surface area (Å²) in [5, 5.41) is 38.2. The number of Topliss-reactive ketones (excluding diaryl/α,β-unsaturated/α-hetero) is 5. The molecule has 1 unspecified atom stereocenters. The predicted molar refractivity (Wildman–Crippen MR) is 176 cm³/mol. The van der Waals surface area contributed by atoms with Crippen molar-refractivity contribution in [2.45, 2.75) is 26.4 Å². The Morgan fingerprint density at radius 1 is 0.635 bits per heavy atom. The van der Waals surface area contributed by atoms with Crippen LogP contribution in [0.25, 0.3) is 5.76 Å². The van der Waals surface area contributed by atoms with E-state index in [0.717, 1.165) is 6.08 Å². The third-order valence-corrected chi connectivity index (χ3v) is 8.45. The second-order valence-corrected chi connectivity index (χ2v) is 11.8. The van der Waals surface area contributed by atoms with Gasteiger partial charge >= 0.3 is 0 Å². The highest BCUT2D eigenvalue weighted by atomic mass is 16.5. The van der Waals surface area contributed by atoms with Crippen molar-refractivity contribution in [3.05, 3.63) is 129 Å². The van der Waals surface area contributed by atoms with E-state index in [1.165, 1.54) is 74.5 Å². The van der Waals surface area contributed by atoms with Crippen molar-refractivity contribution in [1.82, 2.24) is 0 Å². The largest absolute Gasteiger partial charge is 0.507 e. The lowest BCUT2D eigenvalue weighted by molar-refractivity contribution is -0.124. The van der Waals surface area contributed by atoms with Crippen LogP contribution in [0.4, 0.5) is 0 Å². The minimum absolute atomic E-state index is 0.000878. The number of hydrogen-bond acceptors (Lipinski definition) is 14. The van der Waals surface area contributed by atoms with E-state index in [1.807, 2.05) is 0 Å². The SMILES string of the molecule is CC(=O)C1CC2=C(O1)C(=O)c1cccc(O)c1C2=O.CC(=O)c1cc2c(o1)C(=O)c1cccc(O)c1C2=O.O=C1C=C(O)c2c(O)cccc2C1=O. The summed E-state index contributed by atoms with van der Waals surface area (Å²) in [7, 11) is 0. The molecule has 260 valence electrons. The number of furan rings is 1. The maximum Gasteiger partial charge on any atom is 0.233 e. The number of aliphatic hydroxyl groups excluding tert-OH is 1. The summed E-state index contributed by atoms with van der Waals surface area (Å²) in [4.78, 5) is 93.8. The van der Waals surface area contributed by atoms with E-state index in [4.69, 9.17) is 9.15 Å². The van der Waals surface area contributed by atoms with E-state index in [2.05, 4.69) is 0 Å². The summed E-state index contributed by atoms with van der Waals surface area (Å²) in [5.41, 5.74) is 0.417. The fourth-order valence-corrected chi connectivity index (χ4v) is 5.91. The molecule has 4 N–H and O–H groups in total. The molecule has 1 aromatic heterocycles. The van der Waals surface area contributed by atoms with Gasteiger partial charge in [-0.05, 0) is 49.4 Å². The van der Waals surface area contributed by atoms with Crippen LogP contribution in [0.1, 0.15) is 99.5 Å². The minimum Gasteiger partial charge on any atom is -0.507 e. The third kappa shape index (κ3) is 5.67. The highest BCUT2D eigenvalue weighted by Gasteiger charge is 2.43. The van der Waals surface area contributed by atoms with Crippen LogP contribution in [-0.2, 0) is 14.3 Å². The number of aliphatic hydroxyl groups is 1. The molecule has 0 amide bonds. The average Bonchev–Trinajstić information content (AvgIpc) is 3.76. The second kappa shape index (κ2) is 12.9. The maximum atomic E-state index is 12.3. The van der Waals surface area contributed by atoms with Crippen LogP contribution < -0.4 is 0 Å². The lowest BCUT2D eigenvalue weighted by Crippen LogP contribution is -2.20. The Kier molecular flexibility index (Phi) is 8.60. The molecule has 0 saturated heterocycles. The fourth-order valence-electron chi connectivity index (χ4n) is 5.91. The number of ether oxygens (including phenoxy) is 1. The molecular weight excluding hydrogens is 680 g/mol. The van der Waals surface area contributed by atoms with Crippen LogP contribution >= 0.6 is 0 Å². The number of phenolic OH excluding ortho intramolecular Hbond substituents is 3. The van der Waals surface area contributed by atoms with Gasteiger partial charge in [-0.2, -0.15) is 0 Å². The molecule has 3 aromatic carbocycles. The van der Waals surface area contributed by atoms with Gasteiger partial charge in [-0.25, -0.2) is 0 Å². The molecule has 52 heavy (non-hydrogen) atoms. The molecule has 14 nitrogen and oxygen atoms in total. The van der Waals surface area contributed by atoms with E-state index >= 15 is 0 Å². The maximum absolute atomic E-state index is 12.3. The number of carbonyl (C=O) groups excluding carboxylic acids is 8. The van der Waals surface area contributed by atoms with Crippen molar-refractivity contribution in [1.29, 1.82) is 0 Å². The monoisotopic (exact) mass is 704 g/mol. The Morgan fingerprint density at radius 2 is 1.15 bits per heavy atom. The number of ketones is 8. The van der Waals surface area contributed by atoms with Crippen molar-refractivity contribution in [3.63, 3.8) is 0 Å². The molecule has 0 fully saturated rings. The van der Waals surface area contributed by atoms with Crippen LogP contribution in [0, 0.1) is 0 Å². The standard InChI is InChI=1S/C14H10O5.C14H8O5.C10H6O4/c2*1-6(15)10-5-8-12(17)11-7(3-2-4-9(11)16)13(18)14(8)19-10;11-6-3-1-2-5-9(6)7(12)4-8(13)10(5)14/h2-4,10,16H,5H2,1H3;2-5,16H,1H3;1-4,11-12H. The molecule has 8 rings (SSSR count). The number of aromatic hydroxyl groups is 3. The quantitative estimate of drug-likeness (QED) is 0.147.